The maximum absolute atomic E-state index is 5.34. The van der Waals surface area contributed by atoms with E-state index < -0.39 is 0 Å². The van der Waals surface area contributed by atoms with Gasteiger partial charge < -0.3 is 19.5 Å². The summed E-state index contributed by atoms with van der Waals surface area (Å²) >= 11 is 3.64. The lowest BCUT2D eigenvalue weighted by atomic mass is 10.2. The Bertz CT molecular complexity index is 995. The second kappa shape index (κ2) is 8.97. The second-order valence-corrected chi connectivity index (χ2v) is 7.25. The summed E-state index contributed by atoms with van der Waals surface area (Å²) in [5.74, 6) is 1.43. The number of hydrazone groups is 1. The van der Waals surface area contributed by atoms with Gasteiger partial charge in [0.05, 0.1) is 32.7 Å². The molecule has 3 rings (SSSR count). The Kier molecular flexibility index (Phi) is 6.41. The van der Waals surface area contributed by atoms with Crippen LogP contribution in [-0.4, -0.2) is 25.0 Å². The van der Waals surface area contributed by atoms with Crippen LogP contribution >= 0.6 is 15.9 Å². The van der Waals surface area contributed by atoms with E-state index >= 15 is 0 Å². The first-order valence-corrected chi connectivity index (χ1v) is 9.75. The molecule has 1 heterocycles. The highest BCUT2D eigenvalue weighted by atomic mass is 79.9. The highest BCUT2D eigenvalue weighted by Gasteiger charge is 2.11. The molecule has 28 heavy (non-hydrogen) atoms. The van der Waals surface area contributed by atoms with Crippen LogP contribution in [0.1, 0.15) is 22.5 Å². The third-order valence-electron chi connectivity index (χ3n) is 4.59. The molecule has 0 radical (unpaired) electrons. The van der Waals surface area contributed by atoms with Crippen molar-refractivity contribution in [3.63, 3.8) is 0 Å². The van der Waals surface area contributed by atoms with Crippen LogP contribution in [0.5, 0.6) is 11.5 Å². The average molecular weight is 442 g/mol. The van der Waals surface area contributed by atoms with Crippen molar-refractivity contribution in [3.8, 4) is 17.2 Å². The monoisotopic (exact) mass is 441 g/mol. The zero-order valence-corrected chi connectivity index (χ0v) is 18.1. The first-order chi connectivity index (χ1) is 13.5. The topological polar surface area (TPSA) is 47.8 Å². The van der Waals surface area contributed by atoms with E-state index in [0.717, 1.165) is 32.7 Å². The van der Waals surface area contributed by atoms with Gasteiger partial charge >= 0.3 is 0 Å². The summed E-state index contributed by atoms with van der Waals surface area (Å²) in [4.78, 5) is 0. The molecule has 0 atom stereocenters. The summed E-state index contributed by atoms with van der Waals surface area (Å²) in [6.07, 6.45) is 1.86. The Balaban J connectivity index is 1.72. The maximum atomic E-state index is 5.34. The summed E-state index contributed by atoms with van der Waals surface area (Å²) in [5.41, 5.74) is 8.66. The number of methoxy groups -OCH3 is 2. The Morgan fingerprint density at radius 3 is 2.50 bits per heavy atom. The minimum absolute atomic E-state index is 0.597. The highest BCUT2D eigenvalue weighted by molar-refractivity contribution is 9.10. The standard InChI is InChI=1S/C22H24BrN3O2/c1-15-11-18(16(2)26(15)20-8-6-5-7-19(20)23)14-25-24-13-17-9-10-21(27-3)22(12-17)28-4/h5-12,14,24H,13H2,1-4H3/b25-14+. The van der Waals surface area contributed by atoms with Crippen molar-refractivity contribution in [2.24, 2.45) is 5.10 Å². The van der Waals surface area contributed by atoms with Crippen molar-refractivity contribution in [2.75, 3.05) is 14.2 Å². The minimum atomic E-state index is 0.597. The summed E-state index contributed by atoms with van der Waals surface area (Å²) in [6.45, 7) is 4.79. The molecule has 0 bridgehead atoms. The summed E-state index contributed by atoms with van der Waals surface area (Å²) < 4.78 is 13.9. The Morgan fingerprint density at radius 2 is 1.79 bits per heavy atom. The van der Waals surface area contributed by atoms with Gasteiger partial charge in [-0.2, -0.15) is 5.10 Å². The molecular weight excluding hydrogens is 418 g/mol. The molecule has 1 aromatic heterocycles. The fourth-order valence-electron chi connectivity index (χ4n) is 3.16. The number of aryl methyl sites for hydroxylation is 1. The third-order valence-corrected chi connectivity index (χ3v) is 5.26. The second-order valence-electron chi connectivity index (χ2n) is 6.40. The normalized spacial score (nSPS) is 11.0. The molecular formula is C22H24BrN3O2. The molecule has 2 aromatic carbocycles. The van der Waals surface area contributed by atoms with E-state index in [2.05, 4.69) is 57.0 Å². The molecule has 0 saturated heterocycles. The number of nitrogens with one attached hydrogen (secondary N) is 1. The molecule has 0 aliphatic rings. The van der Waals surface area contributed by atoms with Crippen molar-refractivity contribution in [3.05, 3.63) is 75.5 Å². The number of hydrogen-bond acceptors (Lipinski definition) is 4. The lowest BCUT2D eigenvalue weighted by Gasteiger charge is -2.11. The molecule has 0 aliphatic heterocycles. The molecule has 0 fully saturated rings. The van der Waals surface area contributed by atoms with Crippen molar-refractivity contribution in [1.29, 1.82) is 0 Å². The SMILES string of the molecule is COc1ccc(CN/N=C/c2cc(C)n(-c3ccccc3Br)c2C)cc1OC. The zero-order valence-electron chi connectivity index (χ0n) is 16.5. The average Bonchev–Trinajstić information content (AvgIpc) is 2.98. The van der Waals surface area contributed by atoms with Gasteiger partial charge in [0.15, 0.2) is 11.5 Å². The summed E-state index contributed by atoms with van der Waals surface area (Å²) in [6, 6.07) is 16.2. The number of hydrogen-bond donors (Lipinski definition) is 1. The number of nitrogens with zero attached hydrogens (tertiary/aromatic N) is 2. The van der Waals surface area contributed by atoms with Crippen molar-refractivity contribution < 1.29 is 9.47 Å². The molecule has 0 aliphatic carbocycles. The molecule has 0 spiro atoms. The van der Waals surface area contributed by atoms with Gasteiger partial charge in [-0.05, 0) is 65.7 Å². The number of ether oxygens (including phenoxy) is 2. The molecule has 0 saturated carbocycles. The number of halogens is 1. The van der Waals surface area contributed by atoms with Crippen LogP contribution in [0, 0.1) is 13.8 Å². The van der Waals surface area contributed by atoms with Gasteiger partial charge in [0.2, 0.25) is 0 Å². The smallest absolute Gasteiger partial charge is 0.161 e. The molecule has 0 amide bonds. The lowest BCUT2D eigenvalue weighted by molar-refractivity contribution is 0.354. The Labute approximate surface area is 174 Å². The van der Waals surface area contributed by atoms with Crippen LogP contribution in [-0.2, 0) is 6.54 Å². The van der Waals surface area contributed by atoms with Gasteiger partial charge in [-0.1, -0.05) is 18.2 Å². The Morgan fingerprint density at radius 1 is 1.04 bits per heavy atom. The number of para-hydroxylation sites is 1. The van der Waals surface area contributed by atoms with Gasteiger partial charge in [-0.3, -0.25) is 0 Å². The largest absolute Gasteiger partial charge is 0.493 e. The van der Waals surface area contributed by atoms with Crippen molar-refractivity contribution in [2.45, 2.75) is 20.4 Å². The van der Waals surface area contributed by atoms with Crippen LogP contribution in [0.4, 0.5) is 0 Å². The van der Waals surface area contributed by atoms with E-state index in [1.807, 2.05) is 42.6 Å². The first kappa shape index (κ1) is 20.0. The fraction of sp³-hybridized carbons (Fsp3) is 0.227. The molecule has 5 nitrogen and oxygen atoms in total. The summed E-state index contributed by atoms with van der Waals surface area (Å²) in [7, 11) is 3.26. The van der Waals surface area contributed by atoms with E-state index in [4.69, 9.17) is 9.47 Å². The van der Waals surface area contributed by atoms with E-state index in [1.54, 1.807) is 14.2 Å². The predicted molar refractivity (Wildman–Crippen MR) is 117 cm³/mol. The van der Waals surface area contributed by atoms with E-state index in [9.17, 15) is 0 Å². The van der Waals surface area contributed by atoms with E-state index in [0.29, 0.717) is 18.0 Å². The fourth-order valence-corrected chi connectivity index (χ4v) is 3.63. The van der Waals surface area contributed by atoms with E-state index in [-0.39, 0.29) is 0 Å². The molecule has 3 aromatic rings. The zero-order chi connectivity index (χ0) is 20.1. The van der Waals surface area contributed by atoms with Crippen LogP contribution < -0.4 is 14.9 Å². The van der Waals surface area contributed by atoms with Crippen LogP contribution in [0.3, 0.4) is 0 Å². The van der Waals surface area contributed by atoms with Gasteiger partial charge in [0.25, 0.3) is 0 Å². The van der Waals surface area contributed by atoms with Crippen LogP contribution in [0.15, 0.2) is 58.1 Å². The third kappa shape index (κ3) is 4.22. The number of benzene rings is 2. The van der Waals surface area contributed by atoms with Crippen LogP contribution in [0.2, 0.25) is 0 Å². The first-order valence-electron chi connectivity index (χ1n) is 8.95. The van der Waals surface area contributed by atoms with Crippen LogP contribution in [0.25, 0.3) is 5.69 Å². The maximum Gasteiger partial charge on any atom is 0.161 e. The minimum Gasteiger partial charge on any atom is -0.493 e. The quantitative estimate of drug-likeness (QED) is 0.414. The van der Waals surface area contributed by atoms with Gasteiger partial charge in [0, 0.05) is 21.4 Å². The lowest BCUT2D eigenvalue weighted by Crippen LogP contribution is -2.06. The van der Waals surface area contributed by atoms with E-state index in [1.165, 1.54) is 0 Å². The number of aromatic nitrogens is 1. The Hall–Kier alpha value is -2.73. The molecule has 0 unspecified atom stereocenters. The number of rotatable bonds is 7. The molecule has 1 N–H and O–H groups in total. The van der Waals surface area contributed by atoms with Gasteiger partial charge in [-0.25, -0.2) is 0 Å². The van der Waals surface area contributed by atoms with Crippen molar-refractivity contribution >= 4 is 22.1 Å². The summed E-state index contributed by atoms with van der Waals surface area (Å²) in [5, 5.41) is 4.39. The highest BCUT2D eigenvalue weighted by Crippen LogP contribution is 2.28. The molecule has 6 heteroatoms. The predicted octanol–water partition coefficient (Wildman–Crippen LogP) is 5.00. The van der Waals surface area contributed by atoms with Gasteiger partial charge in [-0.15, -0.1) is 0 Å². The van der Waals surface area contributed by atoms with Crippen molar-refractivity contribution in [1.82, 2.24) is 9.99 Å². The molecule has 146 valence electrons. The van der Waals surface area contributed by atoms with Gasteiger partial charge in [0.1, 0.15) is 0 Å².